The number of ether oxygens (including phenoxy) is 3. The van der Waals surface area contributed by atoms with E-state index in [9.17, 15) is 14.4 Å². The van der Waals surface area contributed by atoms with Crippen molar-refractivity contribution in [2.24, 2.45) is 5.92 Å². The zero-order chi connectivity index (χ0) is 42.4. The fraction of sp³-hybridized carbons (Fsp3) is 0.942. The smallest absolute Gasteiger partial charge is 0.306 e. The predicted octanol–water partition coefficient (Wildman–Crippen LogP) is 16.7. The zero-order valence-electron chi connectivity index (χ0n) is 39.5. The summed E-state index contributed by atoms with van der Waals surface area (Å²) in [6.45, 7) is 9.02. The van der Waals surface area contributed by atoms with E-state index in [1.165, 1.54) is 186 Å². The number of unbranched alkanes of at least 4 members (excludes halogenated alkanes) is 33. The molecule has 0 saturated heterocycles. The maximum Gasteiger partial charge on any atom is 0.306 e. The Balaban J connectivity index is 4.28. The van der Waals surface area contributed by atoms with Gasteiger partial charge in [-0.2, -0.15) is 0 Å². The number of hydrogen-bond donors (Lipinski definition) is 0. The molecule has 2 atom stereocenters. The minimum absolute atomic E-state index is 0.0632. The van der Waals surface area contributed by atoms with Crippen LogP contribution in [0.5, 0.6) is 0 Å². The highest BCUT2D eigenvalue weighted by atomic mass is 16.6. The highest BCUT2D eigenvalue weighted by Gasteiger charge is 2.19. The summed E-state index contributed by atoms with van der Waals surface area (Å²) in [6.07, 6.45) is 48.0. The lowest BCUT2D eigenvalue weighted by Gasteiger charge is -2.18. The Kier molecular flexibility index (Phi) is 45.2. The van der Waals surface area contributed by atoms with Crippen LogP contribution in [0.15, 0.2) is 0 Å². The molecule has 0 aliphatic carbocycles. The molecule has 344 valence electrons. The SMILES string of the molecule is CCCCCCCCCCCCCCCCCCCC(=O)OC[C@H](COC(=O)CCCCCCCCCCCCC)OC(=O)CCCCCCCCCCC(C)CC. The summed E-state index contributed by atoms with van der Waals surface area (Å²) in [4.78, 5) is 37.9. The lowest BCUT2D eigenvalue weighted by Crippen LogP contribution is -2.30. The van der Waals surface area contributed by atoms with Crippen molar-refractivity contribution in [3.63, 3.8) is 0 Å². The molecule has 0 radical (unpaired) electrons. The van der Waals surface area contributed by atoms with Gasteiger partial charge in [0.2, 0.25) is 0 Å². The van der Waals surface area contributed by atoms with Crippen LogP contribution in [-0.2, 0) is 28.6 Å². The van der Waals surface area contributed by atoms with Gasteiger partial charge in [-0.25, -0.2) is 0 Å². The lowest BCUT2D eigenvalue weighted by molar-refractivity contribution is -0.167. The summed E-state index contributed by atoms with van der Waals surface area (Å²) in [7, 11) is 0. The average molecular weight is 821 g/mol. The van der Waals surface area contributed by atoms with Crippen LogP contribution in [0.25, 0.3) is 0 Å². The normalized spacial score (nSPS) is 12.4. The fourth-order valence-electron chi connectivity index (χ4n) is 7.83. The second kappa shape index (κ2) is 46.5. The van der Waals surface area contributed by atoms with Gasteiger partial charge in [0.05, 0.1) is 0 Å². The van der Waals surface area contributed by atoms with Gasteiger partial charge >= 0.3 is 17.9 Å². The maximum atomic E-state index is 12.8. The third-order valence-corrected chi connectivity index (χ3v) is 12.2. The lowest BCUT2D eigenvalue weighted by atomic mass is 9.99. The first-order chi connectivity index (χ1) is 28.4. The molecule has 0 aromatic heterocycles. The Morgan fingerprint density at radius 3 is 0.897 bits per heavy atom. The quantitative estimate of drug-likeness (QED) is 0.0346. The number of carbonyl (C=O) groups is 3. The first-order valence-corrected chi connectivity index (χ1v) is 25.9. The molecular formula is C52H100O6. The first-order valence-electron chi connectivity index (χ1n) is 25.9. The third-order valence-electron chi connectivity index (χ3n) is 12.2. The molecule has 0 bridgehead atoms. The Labute approximate surface area is 361 Å². The van der Waals surface area contributed by atoms with Crippen LogP contribution < -0.4 is 0 Å². The second-order valence-corrected chi connectivity index (χ2v) is 18.1. The summed E-state index contributed by atoms with van der Waals surface area (Å²) >= 11 is 0. The van der Waals surface area contributed by atoms with Crippen LogP contribution in [0.3, 0.4) is 0 Å². The van der Waals surface area contributed by atoms with Crippen molar-refractivity contribution in [1.82, 2.24) is 0 Å². The molecule has 0 N–H and O–H groups in total. The number of carbonyl (C=O) groups excluding carboxylic acids is 3. The van der Waals surface area contributed by atoms with Crippen molar-refractivity contribution < 1.29 is 28.6 Å². The van der Waals surface area contributed by atoms with Gasteiger partial charge in [-0.05, 0) is 25.2 Å². The van der Waals surface area contributed by atoms with Gasteiger partial charge in [-0.3, -0.25) is 14.4 Å². The third kappa shape index (κ3) is 44.0. The molecule has 0 rings (SSSR count). The Morgan fingerprint density at radius 1 is 0.345 bits per heavy atom. The van der Waals surface area contributed by atoms with E-state index in [2.05, 4.69) is 27.7 Å². The molecule has 0 aromatic carbocycles. The van der Waals surface area contributed by atoms with Crippen molar-refractivity contribution in [2.45, 2.75) is 297 Å². The molecule has 1 unspecified atom stereocenters. The van der Waals surface area contributed by atoms with E-state index in [1.54, 1.807) is 0 Å². The zero-order valence-corrected chi connectivity index (χ0v) is 39.5. The summed E-state index contributed by atoms with van der Waals surface area (Å²) in [5, 5.41) is 0. The molecule has 0 aromatic rings. The van der Waals surface area contributed by atoms with Gasteiger partial charge < -0.3 is 14.2 Å². The van der Waals surface area contributed by atoms with Crippen LogP contribution >= 0.6 is 0 Å². The fourth-order valence-corrected chi connectivity index (χ4v) is 7.83. The van der Waals surface area contributed by atoms with E-state index in [-0.39, 0.29) is 31.1 Å². The topological polar surface area (TPSA) is 78.9 Å². The average Bonchev–Trinajstić information content (AvgIpc) is 3.22. The van der Waals surface area contributed by atoms with E-state index >= 15 is 0 Å². The summed E-state index contributed by atoms with van der Waals surface area (Å²) in [5.74, 6) is -0.00221. The molecule has 0 heterocycles. The summed E-state index contributed by atoms with van der Waals surface area (Å²) in [6, 6.07) is 0. The van der Waals surface area contributed by atoms with E-state index in [4.69, 9.17) is 14.2 Å². The Hall–Kier alpha value is -1.59. The van der Waals surface area contributed by atoms with Crippen molar-refractivity contribution in [3.8, 4) is 0 Å². The molecule has 0 spiro atoms. The molecule has 0 aliphatic heterocycles. The van der Waals surface area contributed by atoms with Crippen molar-refractivity contribution in [1.29, 1.82) is 0 Å². The monoisotopic (exact) mass is 821 g/mol. The molecule has 0 fully saturated rings. The summed E-state index contributed by atoms with van der Waals surface area (Å²) in [5.41, 5.74) is 0. The molecule has 0 aliphatic rings. The van der Waals surface area contributed by atoms with Crippen LogP contribution in [0, 0.1) is 5.92 Å². The van der Waals surface area contributed by atoms with Crippen molar-refractivity contribution >= 4 is 17.9 Å². The van der Waals surface area contributed by atoms with Crippen molar-refractivity contribution in [3.05, 3.63) is 0 Å². The minimum Gasteiger partial charge on any atom is -0.462 e. The van der Waals surface area contributed by atoms with Crippen LogP contribution in [0.1, 0.15) is 291 Å². The minimum atomic E-state index is -0.760. The molecule has 6 nitrogen and oxygen atoms in total. The van der Waals surface area contributed by atoms with Gasteiger partial charge in [0.25, 0.3) is 0 Å². The predicted molar refractivity (Wildman–Crippen MR) is 247 cm³/mol. The molecule has 0 saturated carbocycles. The summed E-state index contributed by atoms with van der Waals surface area (Å²) < 4.78 is 16.8. The molecule has 0 amide bonds. The highest BCUT2D eigenvalue weighted by molar-refractivity contribution is 5.71. The number of esters is 3. The largest absolute Gasteiger partial charge is 0.462 e. The molecular weight excluding hydrogens is 721 g/mol. The molecule has 6 heteroatoms. The van der Waals surface area contributed by atoms with Gasteiger partial charge in [-0.15, -0.1) is 0 Å². The Morgan fingerprint density at radius 2 is 0.603 bits per heavy atom. The van der Waals surface area contributed by atoms with Gasteiger partial charge in [-0.1, -0.05) is 252 Å². The van der Waals surface area contributed by atoms with E-state index in [1.807, 2.05) is 0 Å². The first kappa shape index (κ1) is 56.4. The molecule has 58 heavy (non-hydrogen) atoms. The van der Waals surface area contributed by atoms with Gasteiger partial charge in [0, 0.05) is 19.3 Å². The van der Waals surface area contributed by atoms with Crippen LogP contribution in [0.4, 0.5) is 0 Å². The number of hydrogen-bond acceptors (Lipinski definition) is 6. The standard InChI is InChI=1S/C52H100O6/c1-5-8-10-12-14-16-18-19-20-21-22-23-25-27-32-36-40-44-51(54)57-47-49(46-56-50(53)43-39-35-31-26-24-17-15-13-11-9-6-2)58-52(55)45-41-37-33-29-28-30-34-38-42-48(4)7-3/h48-49H,5-47H2,1-4H3/t48?,49-/m0/s1. The van der Waals surface area contributed by atoms with E-state index < -0.39 is 6.10 Å². The van der Waals surface area contributed by atoms with Gasteiger partial charge in [0.1, 0.15) is 13.2 Å². The number of rotatable bonds is 47. The van der Waals surface area contributed by atoms with Crippen LogP contribution in [0.2, 0.25) is 0 Å². The maximum absolute atomic E-state index is 12.8. The van der Waals surface area contributed by atoms with E-state index in [0.717, 1.165) is 63.7 Å². The highest BCUT2D eigenvalue weighted by Crippen LogP contribution is 2.17. The van der Waals surface area contributed by atoms with Gasteiger partial charge in [0.15, 0.2) is 6.10 Å². The van der Waals surface area contributed by atoms with Crippen molar-refractivity contribution in [2.75, 3.05) is 13.2 Å². The van der Waals surface area contributed by atoms with Crippen LogP contribution in [-0.4, -0.2) is 37.2 Å². The second-order valence-electron chi connectivity index (χ2n) is 18.1. The Bertz CT molecular complexity index is 874. The van der Waals surface area contributed by atoms with E-state index in [0.29, 0.717) is 19.3 Å².